The second kappa shape index (κ2) is 7.85. The minimum absolute atomic E-state index is 0.0260. The third-order valence-corrected chi connectivity index (χ3v) is 4.06. The summed E-state index contributed by atoms with van der Waals surface area (Å²) in [6.45, 7) is 2.06. The minimum Gasteiger partial charge on any atom is -0.467 e. The van der Waals surface area contributed by atoms with Crippen LogP contribution in [0.25, 0.3) is 10.8 Å². The summed E-state index contributed by atoms with van der Waals surface area (Å²) < 4.78 is 5.10. The molecular weight excluding hydrogens is 316 g/mol. The maximum absolute atomic E-state index is 12.0. The molecule has 5 nitrogen and oxygen atoms in total. The fourth-order valence-corrected chi connectivity index (χ4v) is 2.82. The van der Waals surface area contributed by atoms with Crippen LogP contribution in [0.2, 0.25) is 0 Å². The van der Waals surface area contributed by atoms with Gasteiger partial charge >= 0.3 is 6.03 Å². The first-order valence-electron chi connectivity index (χ1n) is 8.35. The Morgan fingerprint density at radius 1 is 1.12 bits per heavy atom. The van der Waals surface area contributed by atoms with E-state index >= 15 is 0 Å². The number of fused-ring (bicyclic) bond motifs is 1. The molecule has 0 saturated heterocycles. The van der Waals surface area contributed by atoms with Crippen molar-refractivity contribution in [1.82, 2.24) is 10.6 Å². The molecule has 0 aliphatic carbocycles. The summed E-state index contributed by atoms with van der Waals surface area (Å²) in [7, 11) is 0. The van der Waals surface area contributed by atoms with Gasteiger partial charge in [-0.15, -0.1) is 0 Å². The lowest BCUT2D eigenvalue weighted by Gasteiger charge is -2.16. The number of hydrogen-bond acceptors (Lipinski definition) is 3. The third-order valence-electron chi connectivity index (χ3n) is 4.06. The third kappa shape index (κ3) is 4.61. The normalized spacial score (nSPS) is 13.4. The van der Waals surface area contributed by atoms with Crippen LogP contribution in [0.4, 0.5) is 4.79 Å². The van der Waals surface area contributed by atoms with Crippen molar-refractivity contribution in [2.24, 2.45) is 0 Å². The van der Waals surface area contributed by atoms with Crippen LogP contribution in [-0.4, -0.2) is 23.7 Å². The maximum Gasteiger partial charge on any atom is 0.315 e. The van der Waals surface area contributed by atoms with Crippen molar-refractivity contribution in [2.45, 2.75) is 25.5 Å². The number of carbonyl (C=O) groups excluding carboxylic acids is 1. The fourth-order valence-electron chi connectivity index (χ4n) is 2.82. The summed E-state index contributed by atoms with van der Waals surface area (Å²) in [6, 6.07) is 17.6. The molecule has 2 amide bonds. The van der Waals surface area contributed by atoms with Crippen molar-refractivity contribution in [3.05, 3.63) is 72.2 Å². The molecule has 0 radical (unpaired) electrons. The zero-order valence-corrected chi connectivity index (χ0v) is 14.1. The van der Waals surface area contributed by atoms with Gasteiger partial charge in [0, 0.05) is 6.04 Å². The molecule has 5 heteroatoms. The van der Waals surface area contributed by atoms with Crippen LogP contribution in [0, 0.1) is 0 Å². The highest BCUT2D eigenvalue weighted by Crippen LogP contribution is 2.16. The van der Waals surface area contributed by atoms with E-state index in [1.54, 1.807) is 12.1 Å². The van der Waals surface area contributed by atoms with Crippen molar-refractivity contribution in [3.63, 3.8) is 0 Å². The van der Waals surface area contributed by atoms with Gasteiger partial charge < -0.3 is 20.2 Å². The number of amides is 2. The first-order valence-corrected chi connectivity index (χ1v) is 8.35. The number of aliphatic hydroxyl groups is 1. The molecule has 0 fully saturated rings. The molecule has 25 heavy (non-hydrogen) atoms. The van der Waals surface area contributed by atoms with Crippen LogP contribution in [0.3, 0.4) is 0 Å². The van der Waals surface area contributed by atoms with Crippen LogP contribution < -0.4 is 10.6 Å². The molecule has 2 atom stereocenters. The van der Waals surface area contributed by atoms with Gasteiger partial charge in [-0.25, -0.2) is 4.79 Å². The monoisotopic (exact) mass is 338 g/mol. The average molecular weight is 338 g/mol. The molecule has 0 spiro atoms. The van der Waals surface area contributed by atoms with Crippen molar-refractivity contribution in [3.8, 4) is 0 Å². The highest BCUT2D eigenvalue weighted by molar-refractivity contribution is 5.83. The zero-order valence-electron chi connectivity index (χ0n) is 14.1. The van der Waals surface area contributed by atoms with E-state index in [4.69, 9.17) is 4.42 Å². The summed E-state index contributed by atoms with van der Waals surface area (Å²) in [5.41, 5.74) is 1.17. The molecular formula is C20H22N2O3. The van der Waals surface area contributed by atoms with Gasteiger partial charge in [0.1, 0.15) is 11.9 Å². The highest BCUT2D eigenvalue weighted by atomic mass is 16.4. The number of nitrogens with one attached hydrogen (secondary N) is 2. The number of furan rings is 1. The van der Waals surface area contributed by atoms with Gasteiger partial charge in [-0.2, -0.15) is 0 Å². The molecule has 3 rings (SSSR count). The number of benzene rings is 2. The lowest BCUT2D eigenvalue weighted by molar-refractivity contribution is 0.147. The second-order valence-corrected chi connectivity index (χ2v) is 6.17. The lowest BCUT2D eigenvalue weighted by atomic mass is 10.0. The summed E-state index contributed by atoms with van der Waals surface area (Å²) in [5, 5.41) is 17.8. The van der Waals surface area contributed by atoms with Crippen LogP contribution in [0.1, 0.15) is 24.4 Å². The van der Waals surface area contributed by atoms with E-state index in [1.165, 1.54) is 22.6 Å². The van der Waals surface area contributed by atoms with Gasteiger partial charge in [0.15, 0.2) is 0 Å². The average Bonchev–Trinajstić information content (AvgIpc) is 3.14. The second-order valence-electron chi connectivity index (χ2n) is 6.17. The number of hydrogen-bond donors (Lipinski definition) is 3. The zero-order chi connectivity index (χ0) is 17.6. The molecule has 2 unspecified atom stereocenters. The number of urea groups is 1. The van der Waals surface area contributed by atoms with E-state index in [0.717, 1.165) is 6.42 Å². The molecule has 0 aliphatic heterocycles. The topological polar surface area (TPSA) is 74.5 Å². The smallest absolute Gasteiger partial charge is 0.315 e. The van der Waals surface area contributed by atoms with Crippen molar-refractivity contribution >= 4 is 16.8 Å². The first-order chi connectivity index (χ1) is 12.1. The van der Waals surface area contributed by atoms with Gasteiger partial charge in [0.2, 0.25) is 0 Å². The van der Waals surface area contributed by atoms with Crippen molar-refractivity contribution in [2.75, 3.05) is 6.54 Å². The molecule has 2 aromatic carbocycles. The van der Waals surface area contributed by atoms with Crippen LogP contribution in [0.15, 0.2) is 65.3 Å². The number of rotatable bonds is 6. The number of aliphatic hydroxyl groups excluding tert-OH is 1. The fraction of sp³-hybridized carbons (Fsp3) is 0.250. The Hall–Kier alpha value is -2.79. The van der Waals surface area contributed by atoms with Crippen LogP contribution in [-0.2, 0) is 6.42 Å². The summed E-state index contributed by atoms with van der Waals surface area (Å²) in [5.74, 6) is 0.435. The van der Waals surface area contributed by atoms with Gasteiger partial charge in [-0.1, -0.05) is 42.5 Å². The molecule has 1 heterocycles. The van der Waals surface area contributed by atoms with E-state index in [-0.39, 0.29) is 18.6 Å². The molecule has 0 aliphatic rings. The van der Waals surface area contributed by atoms with Crippen LogP contribution in [0.5, 0.6) is 0 Å². The van der Waals surface area contributed by atoms with Gasteiger partial charge in [-0.05, 0) is 41.8 Å². The Morgan fingerprint density at radius 3 is 2.68 bits per heavy atom. The summed E-state index contributed by atoms with van der Waals surface area (Å²) in [4.78, 5) is 12.0. The Labute approximate surface area is 146 Å². The van der Waals surface area contributed by atoms with Gasteiger partial charge in [-0.3, -0.25) is 0 Å². The van der Waals surface area contributed by atoms with E-state index in [0.29, 0.717) is 5.76 Å². The van der Waals surface area contributed by atoms with Crippen LogP contribution >= 0.6 is 0 Å². The lowest BCUT2D eigenvalue weighted by Crippen LogP contribution is -2.43. The molecule has 3 aromatic rings. The molecule has 0 bridgehead atoms. The Bertz CT molecular complexity index is 830. The molecule has 130 valence electrons. The van der Waals surface area contributed by atoms with E-state index < -0.39 is 6.10 Å². The summed E-state index contributed by atoms with van der Waals surface area (Å²) >= 11 is 0. The van der Waals surface area contributed by atoms with Crippen molar-refractivity contribution < 1.29 is 14.3 Å². The van der Waals surface area contributed by atoms with E-state index in [2.05, 4.69) is 41.0 Å². The van der Waals surface area contributed by atoms with E-state index in [9.17, 15) is 9.90 Å². The largest absolute Gasteiger partial charge is 0.467 e. The Kier molecular flexibility index (Phi) is 5.36. The standard InChI is InChI=1S/C20H22N2O3/c1-14(11-15-8-9-16-5-2-3-6-17(16)12-15)22-20(24)21-13-18(23)19-7-4-10-25-19/h2-10,12,14,18,23H,11,13H2,1H3,(H2,21,22,24). The number of carbonyl (C=O) groups is 1. The van der Waals surface area contributed by atoms with E-state index in [1.807, 2.05) is 19.1 Å². The Balaban J connectivity index is 1.49. The SMILES string of the molecule is CC(Cc1ccc2ccccc2c1)NC(=O)NCC(O)c1ccco1. The summed E-state index contributed by atoms with van der Waals surface area (Å²) in [6.07, 6.45) is 1.38. The highest BCUT2D eigenvalue weighted by Gasteiger charge is 2.13. The van der Waals surface area contributed by atoms with Gasteiger partial charge in [0.25, 0.3) is 0 Å². The minimum atomic E-state index is -0.850. The maximum atomic E-state index is 12.0. The predicted octanol–water partition coefficient (Wildman–Crippen LogP) is 3.40. The Morgan fingerprint density at radius 2 is 1.92 bits per heavy atom. The first kappa shape index (κ1) is 17.0. The molecule has 3 N–H and O–H groups in total. The predicted molar refractivity (Wildman–Crippen MR) is 97.3 cm³/mol. The van der Waals surface area contributed by atoms with Crippen molar-refractivity contribution in [1.29, 1.82) is 0 Å². The van der Waals surface area contributed by atoms with Gasteiger partial charge in [0.05, 0.1) is 12.8 Å². The molecule has 0 saturated carbocycles. The molecule has 1 aromatic heterocycles. The quantitative estimate of drug-likeness (QED) is 0.645.